The van der Waals surface area contributed by atoms with Crippen molar-refractivity contribution in [2.75, 3.05) is 25.6 Å². The Kier molecular flexibility index (Phi) is 6.28. The number of nitrogens with zero attached hydrogens (tertiary/aromatic N) is 4. The van der Waals surface area contributed by atoms with Gasteiger partial charge in [-0.25, -0.2) is 0 Å². The van der Waals surface area contributed by atoms with Crippen molar-refractivity contribution in [2.45, 2.75) is 51.7 Å². The van der Waals surface area contributed by atoms with Gasteiger partial charge in [0.1, 0.15) is 18.0 Å². The first kappa shape index (κ1) is 23.0. The van der Waals surface area contributed by atoms with Crippen LogP contribution in [-0.2, 0) is 28.2 Å². The third-order valence-electron chi connectivity index (χ3n) is 5.99. The number of aryl methyl sites for hydroxylation is 1. The van der Waals surface area contributed by atoms with Gasteiger partial charge in [0.05, 0.1) is 35.9 Å². The van der Waals surface area contributed by atoms with Gasteiger partial charge < -0.3 is 24.5 Å². The van der Waals surface area contributed by atoms with Gasteiger partial charge >= 0.3 is 5.97 Å². The van der Waals surface area contributed by atoms with Crippen molar-refractivity contribution in [3.63, 3.8) is 0 Å². The molecule has 0 saturated heterocycles. The molecule has 0 unspecified atom stereocenters. The molecule has 1 atom stereocenters. The Bertz CT molecular complexity index is 1240. The number of benzene rings is 1. The van der Waals surface area contributed by atoms with E-state index in [1.54, 1.807) is 6.07 Å². The molecule has 1 aromatic carbocycles. The molecule has 1 aliphatic heterocycles. The molecule has 9 nitrogen and oxygen atoms in total. The lowest BCUT2D eigenvalue weighted by molar-refractivity contribution is -0.149. The van der Waals surface area contributed by atoms with Crippen LogP contribution in [0.25, 0.3) is 10.9 Å². The SMILES string of the molecule is CCC[C@]1(CC(=O)O)OCCc2c1[nH]c1c(C)c(OCc3nsc(N(C)C)n3)cc(C#N)c21. The number of H-pyrrole nitrogens is 1. The molecule has 3 aromatic rings. The molecule has 0 amide bonds. The van der Waals surface area contributed by atoms with E-state index in [1.165, 1.54) is 11.5 Å². The van der Waals surface area contributed by atoms with Crippen LogP contribution in [-0.4, -0.2) is 46.1 Å². The molecule has 0 fully saturated rings. The molecule has 3 heterocycles. The Morgan fingerprint density at radius 2 is 2.27 bits per heavy atom. The lowest BCUT2D eigenvalue weighted by Gasteiger charge is -2.36. The lowest BCUT2D eigenvalue weighted by Crippen LogP contribution is -2.37. The number of carboxylic acids is 1. The number of aromatic nitrogens is 3. The van der Waals surface area contributed by atoms with Gasteiger partial charge in [0.15, 0.2) is 5.82 Å². The van der Waals surface area contributed by atoms with E-state index in [9.17, 15) is 15.2 Å². The van der Waals surface area contributed by atoms with Crippen LogP contribution in [0.1, 0.15) is 54.4 Å². The van der Waals surface area contributed by atoms with Crippen LogP contribution in [0.5, 0.6) is 5.75 Å². The summed E-state index contributed by atoms with van der Waals surface area (Å²) < 4.78 is 16.5. The molecule has 1 aliphatic rings. The van der Waals surface area contributed by atoms with Gasteiger partial charge in [-0.15, -0.1) is 0 Å². The Labute approximate surface area is 196 Å². The first-order valence-electron chi connectivity index (χ1n) is 10.9. The second-order valence-corrected chi connectivity index (χ2v) is 9.21. The molecule has 0 aliphatic carbocycles. The molecule has 0 radical (unpaired) electrons. The molecule has 4 rings (SSSR count). The van der Waals surface area contributed by atoms with E-state index < -0.39 is 11.6 Å². The number of aromatic amines is 1. The minimum atomic E-state index is -0.930. The number of nitrogens with one attached hydrogen (secondary N) is 1. The summed E-state index contributed by atoms with van der Waals surface area (Å²) in [4.78, 5) is 21.5. The molecule has 2 aromatic heterocycles. The van der Waals surface area contributed by atoms with Crippen molar-refractivity contribution in [1.29, 1.82) is 5.26 Å². The van der Waals surface area contributed by atoms with Crippen LogP contribution < -0.4 is 9.64 Å². The summed E-state index contributed by atoms with van der Waals surface area (Å²) >= 11 is 1.30. The predicted octanol–water partition coefficient (Wildman–Crippen LogP) is 3.89. The summed E-state index contributed by atoms with van der Waals surface area (Å²) in [7, 11) is 3.81. The van der Waals surface area contributed by atoms with Gasteiger partial charge in [0, 0.05) is 36.6 Å². The second-order valence-electron chi connectivity index (χ2n) is 8.48. The van der Waals surface area contributed by atoms with Crippen LogP contribution in [0, 0.1) is 18.3 Å². The highest BCUT2D eigenvalue weighted by atomic mass is 32.1. The van der Waals surface area contributed by atoms with E-state index in [2.05, 4.69) is 20.4 Å². The average Bonchev–Trinajstić information content (AvgIpc) is 3.40. The zero-order chi connectivity index (χ0) is 23.8. The number of anilines is 1. The number of carboxylic acid groups (broad SMARTS) is 1. The van der Waals surface area contributed by atoms with Crippen molar-refractivity contribution < 1.29 is 19.4 Å². The maximum atomic E-state index is 11.7. The molecule has 0 saturated carbocycles. The van der Waals surface area contributed by atoms with Crippen LogP contribution in [0.2, 0.25) is 0 Å². The minimum Gasteiger partial charge on any atom is -0.485 e. The van der Waals surface area contributed by atoms with Crippen molar-refractivity contribution in [1.82, 2.24) is 14.3 Å². The first-order chi connectivity index (χ1) is 15.8. The Balaban J connectivity index is 1.78. The molecular weight excluding hydrogens is 442 g/mol. The molecule has 33 heavy (non-hydrogen) atoms. The highest BCUT2D eigenvalue weighted by molar-refractivity contribution is 7.09. The number of nitriles is 1. The zero-order valence-electron chi connectivity index (χ0n) is 19.2. The topological polar surface area (TPSA) is 124 Å². The standard InChI is InChI=1S/C23H27N5O4S/c1-5-7-23(10-18(29)30)21-15(6-8-32-23)19-14(11-24)9-16(13(2)20(19)26-21)31-12-17-25-22(28(3)4)33-27-17/h9,26H,5-8,10,12H2,1-4H3,(H,29,30)/t23-/m1/s1. The third-order valence-corrected chi connectivity index (χ3v) is 6.91. The van der Waals surface area contributed by atoms with E-state index >= 15 is 0 Å². The van der Waals surface area contributed by atoms with Gasteiger partial charge in [-0.3, -0.25) is 4.79 Å². The number of fused-ring (bicyclic) bond motifs is 3. The number of carbonyl (C=O) groups is 1. The summed E-state index contributed by atoms with van der Waals surface area (Å²) in [6.45, 7) is 4.54. The normalized spacial score (nSPS) is 17.5. The Morgan fingerprint density at radius 3 is 2.91 bits per heavy atom. The van der Waals surface area contributed by atoms with E-state index in [1.807, 2.05) is 32.8 Å². The van der Waals surface area contributed by atoms with Crippen molar-refractivity contribution in [3.05, 3.63) is 34.3 Å². The van der Waals surface area contributed by atoms with E-state index in [0.29, 0.717) is 36.6 Å². The summed E-state index contributed by atoms with van der Waals surface area (Å²) in [5, 5.41) is 21.1. The van der Waals surface area contributed by atoms with Gasteiger partial charge in [0.25, 0.3) is 0 Å². The van der Waals surface area contributed by atoms with Gasteiger partial charge in [-0.1, -0.05) is 13.3 Å². The highest BCUT2D eigenvalue weighted by Crippen LogP contribution is 2.45. The summed E-state index contributed by atoms with van der Waals surface area (Å²) in [5.74, 6) is 0.229. The number of rotatable bonds is 8. The fraction of sp³-hybridized carbons (Fsp3) is 0.478. The smallest absolute Gasteiger partial charge is 0.306 e. The lowest BCUT2D eigenvalue weighted by atomic mass is 9.84. The summed E-state index contributed by atoms with van der Waals surface area (Å²) in [6.07, 6.45) is 1.84. The second kappa shape index (κ2) is 9.00. The van der Waals surface area contributed by atoms with Gasteiger partial charge in [-0.05, 0) is 31.4 Å². The average molecular weight is 470 g/mol. The number of hydrogen-bond donors (Lipinski definition) is 2. The molecule has 2 N–H and O–H groups in total. The number of hydrogen-bond acceptors (Lipinski definition) is 8. The molecule has 0 spiro atoms. The quantitative estimate of drug-likeness (QED) is 0.509. The summed E-state index contributed by atoms with van der Waals surface area (Å²) in [5.41, 5.74) is 2.93. The Hall–Kier alpha value is -3.16. The van der Waals surface area contributed by atoms with Crippen molar-refractivity contribution in [3.8, 4) is 11.8 Å². The van der Waals surface area contributed by atoms with Crippen molar-refractivity contribution >= 4 is 33.5 Å². The van der Waals surface area contributed by atoms with Crippen molar-refractivity contribution in [2.24, 2.45) is 0 Å². The van der Waals surface area contributed by atoms with Crippen LogP contribution >= 0.6 is 11.5 Å². The minimum absolute atomic E-state index is 0.130. The molecule has 0 bridgehead atoms. The third kappa shape index (κ3) is 4.14. The van der Waals surface area contributed by atoms with Gasteiger partial charge in [-0.2, -0.15) is 14.6 Å². The van der Waals surface area contributed by atoms with E-state index in [4.69, 9.17) is 9.47 Å². The number of ether oxygens (including phenoxy) is 2. The van der Waals surface area contributed by atoms with Crippen LogP contribution in [0.4, 0.5) is 5.13 Å². The fourth-order valence-corrected chi connectivity index (χ4v) is 5.14. The monoisotopic (exact) mass is 469 g/mol. The molecule has 174 valence electrons. The predicted molar refractivity (Wildman–Crippen MR) is 125 cm³/mol. The molecule has 10 heteroatoms. The van der Waals surface area contributed by atoms with Gasteiger partial charge in [0.2, 0.25) is 5.13 Å². The van der Waals surface area contributed by atoms with Crippen LogP contribution in [0.3, 0.4) is 0 Å². The summed E-state index contributed by atoms with van der Waals surface area (Å²) in [6, 6.07) is 4.05. The fourth-order valence-electron chi connectivity index (χ4n) is 4.55. The largest absolute Gasteiger partial charge is 0.485 e. The van der Waals surface area contributed by atoms with E-state index in [-0.39, 0.29) is 13.0 Å². The maximum Gasteiger partial charge on any atom is 0.306 e. The first-order valence-corrected chi connectivity index (χ1v) is 11.6. The zero-order valence-corrected chi connectivity index (χ0v) is 20.0. The van der Waals surface area contributed by atoms with Crippen LogP contribution in [0.15, 0.2) is 6.07 Å². The highest BCUT2D eigenvalue weighted by Gasteiger charge is 2.42. The maximum absolute atomic E-state index is 11.7. The number of aliphatic carboxylic acids is 1. The van der Waals surface area contributed by atoms with E-state index in [0.717, 1.165) is 39.3 Å². The molecular formula is C23H27N5O4S. The Morgan fingerprint density at radius 1 is 1.48 bits per heavy atom.